The van der Waals surface area contributed by atoms with Crippen LogP contribution in [-0.2, 0) is 6.42 Å². The molecule has 2 heterocycles. The van der Waals surface area contributed by atoms with Gasteiger partial charge in [-0.15, -0.1) is 0 Å². The maximum Gasteiger partial charge on any atom is 0.0622 e. The van der Waals surface area contributed by atoms with Gasteiger partial charge in [-0.3, -0.25) is 9.97 Å². The molecule has 3 nitrogen and oxygen atoms in total. The minimum atomic E-state index is -0.202. The van der Waals surface area contributed by atoms with E-state index in [2.05, 4.69) is 9.97 Å². The largest absolute Gasteiger partial charge is 0.322 e. The van der Waals surface area contributed by atoms with Gasteiger partial charge in [-0.2, -0.15) is 0 Å². The van der Waals surface area contributed by atoms with E-state index < -0.39 is 0 Å². The lowest BCUT2D eigenvalue weighted by Gasteiger charge is -2.11. The molecule has 1 unspecified atom stereocenters. The maximum absolute atomic E-state index is 6.06. The molecule has 2 rings (SSSR count). The first-order valence-corrected chi connectivity index (χ1v) is 5.88. The third-order valence-electron chi connectivity index (χ3n) is 2.43. The molecule has 0 radical (unpaired) electrons. The van der Waals surface area contributed by atoms with Gasteiger partial charge < -0.3 is 5.73 Å². The normalized spacial score (nSPS) is 12.4. The van der Waals surface area contributed by atoms with E-state index in [9.17, 15) is 0 Å². The number of rotatable bonds is 3. The number of halogens is 2. The predicted octanol–water partition coefficient (Wildman–Crippen LogP) is 3.03. The van der Waals surface area contributed by atoms with Gasteiger partial charge in [0.05, 0.1) is 21.8 Å². The van der Waals surface area contributed by atoms with Gasteiger partial charge in [0.25, 0.3) is 0 Å². The zero-order valence-electron chi connectivity index (χ0n) is 8.98. The summed E-state index contributed by atoms with van der Waals surface area (Å²) in [5.41, 5.74) is 7.82. The molecule has 0 aliphatic rings. The van der Waals surface area contributed by atoms with Crippen LogP contribution in [0.4, 0.5) is 0 Å². The average Bonchev–Trinajstić information content (AvgIpc) is 2.33. The number of pyridine rings is 2. The molecule has 0 aliphatic carbocycles. The lowest BCUT2D eigenvalue weighted by Crippen LogP contribution is -2.15. The fourth-order valence-corrected chi connectivity index (χ4v) is 1.83. The first-order chi connectivity index (χ1) is 8.16. The average molecular weight is 268 g/mol. The summed E-state index contributed by atoms with van der Waals surface area (Å²) in [4.78, 5) is 8.12. The van der Waals surface area contributed by atoms with Crippen LogP contribution >= 0.6 is 23.2 Å². The van der Waals surface area contributed by atoms with E-state index in [0.29, 0.717) is 16.5 Å². The molecule has 0 saturated heterocycles. The first kappa shape index (κ1) is 12.3. The van der Waals surface area contributed by atoms with Crippen molar-refractivity contribution < 1.29 is 0 Å². The molecule has 0 aromatic carbocycles. The van der Waals surface area contributed by atoms with Crippen molar-refractivity contribution in [3.63, 3.8) is 0 Å². The van der Waals surface area contributed by atoms with Gasteiger partial charge in [-0.25, -0.2) is 0 Å². The third kappa shape index (κ3) is 3.16. The van der Waals surface area contributed by atoms with Crippen molar-refractivity contribution in [2.45, 2.75) is 12.5 Å². The lowest BCUT2D eigenvalue weighted by molar-refractivity contribution is 0.696. The molecule has 2 N–H and O–H groups in total. The molecule has 0 fully saturated rings. The topological polar surface area (TPSA) is 51.8 Å². The Kier molecular flexibility index (Phi) is 3.94. The molecule has 2 aromatic heterocycles. The number of nitrogens with zero attached hydrogens (tertiary/aromatic N) is 2. The van der Waals surface area contributed by atoms with Gasteiger partial charge in [0.1, 0.15) is 0 Å². The van der Waals surface area contributed by atoms with Gasteiger partial charge in [0.2, 0.25) is 0 Å². The molecule has 0 aliphatic heterocycles. The molecule has 17 heavy (non-hydrogen) atoms. The molecule has 5 heteroatoms. The fraction of sp³-hybridized carbons (Fsp3) is 0.167. The molecule has 0 bridgehead atoms. The second kappa shape index (κ2) is 5.45. The van der Waals surface area contributed by atoms with Gasteiger partial charge >= 0.3 is 0 Å². The quantitative estimate of drug-likeness (QED) is 0.930. The van der Waals surface area contributed by atoms with Crippen molar-refractivity contribution in [2.24, 2.45) is 5.73 Å². The molecular weight excluding hydrogens is 257 g/mol. The molecule has 0 spiro atoms. The SMILES string of the molecule is NC(Cc1ccncc1Cl)c1ccc(Cl)cn1. The van der Waals surface area contributed by atoms with Crippen LogP contribution in [0.5, 0.6) is 0 Å². The number of nitrogens with two attached hydrogens (primary N) is 1. The van der Waals surface area contributed by atoms with Crippen molar-refractivity contribution in [2.75, 3.05) is 0 Å². The maximum atomic E-state index is 6.06. The first-order valence-electron chi connectivity index (χ1n) is 5.12. The Bertz CT molecular complexity index is 499. The predicted molar refractivity (Wildman–Crippen MR) is 69.1 cm³/mol. The van der Waals surface area contributed by atoms with Crippen molar-refractivity contribution in [1.29, 1.82) is 0 Å². The second-order valence-electron chi connectivity index (χ2n) is 3.68. The summed E-state index contributed by atoms with van der Waals surface area (Å²) in [6.45, 7) is 0. The summed E-state index contributed by atoms with van der Waals surface area (Å²) in [6.07, 6.45) is 5.52. The van der Waals surface area contributed by atoms with E-state index in [0.717, 1.165) is 11.3 Å². The standard InChI is InChI=1S/C12H11Cl2N3/c13-9-1-2-12(17-6-9)11(15)5-8-3-4-16-7-10(8)14/h1-4,6-7,11H,5,15H2. The van der Waals surface area contributed by atoms with Crippen LogP contribution in [-0.4, -0.2) is 9.97 Å². The number of hydrogen-bond acceptors (Lipinski definition) is 3. The molecule has 1 atom stereocenters. The van der Waals surface area contributed by atoms with Crippen molar-refractivity contribution in [3.05, 3.63) is 58.1 Å². The Labute approximate surface area is 110 Å². The zero-order valence-corrected chi connectivity index (χ0v) is 10.5. The summed E-state index contributed by atoms with van der Waals surface area (Å²) < 4.78 is 0. The highest BCUT2D eigenvalue weighted by atomic mass is 35.5. The Morgan fingerprint density at radius 3 is 2.65 bits per heavy atom. The summed E-state index contributed by atoms with van der Waals surface area (Å²) in [5, 5.41) is 1.22. The van der Waals surface area contributed by atoms with Crippen molar-refractivity contribution in [3.8, 4) is 0 Å². The lowest BCUT2D eigenvalue weighted by atomic mass is 10.0. The van der Waals surface area contributed by atoms with Crippen LogP contribution < -0.4 is 5.73 Å². The Hall–Kier alpha value is -1.16. The molecule has 88 valence electrons. The fourth-order valence-electron chi connectivity index (χ4n) is 1.52. The summed E-state index contributed by atoms with van der Waals surface area (Å²) in [5.74, 6) is 0. The highest BCUT2D eigenvalue weighted by Crippen LogP contribution is 2.20. The van der Waals surface area contributed by atoms with Gasteiger partial charge in [-0.05, 0) is 30.2 Å². The number of aromatic nitrogens is 2. The highest BCUT2D eigenvalue weighted by molar-refractivity contribution is 6.31. The van der Waals surface area contributed by atoms with Crippen LogP contribution in [0.2, 0.25) is 10.0 Å². The van der Waals surface area contributed by atoms with E-state index in [1.165, 1.54) is 0 Å². The molecule has 2 aromatic rings. The van der Waals surface area contributed by atoms with E-state index >= 15 is 0 Å². The minimum absolute atomic E-state index is 0.202. The number of hydrogen-bond donors (Lipinski definition) is 1. The molecular formula is C12H11Cl2N3. The Morgan fingerprint density at radius 2 is 2.00 bits per heavy atom. The monoisotopic (exact) mass is 267 g/mol. The highest BCUT2D eigenvalue weighted by Gasteiger charge is 2.10. The van der Waals surface area contributed by atoms with Crippen LogP contribution in [0.1, 0.15) is 17.3 Å². The Morgan fingerprint density at radius 1 is 1.18 bits per heavy atom. The van der Waals surface area contributed by atoms with Crippen LogP contribution in [0.15, 0.2) is 36.8 Å². The summed E-state index contributed by atoms with van der Waals surface area (Å²) in [6, 6.07) is 5.25. The zero-order chi connectivity index (χ0) is 12.3. The van der Waals surface area contributed by atoms with Crippen molar-refractivity contribution >= 4 is 23.2 Å². The van der Waals surface area contributed by atoms with Gasteiger partial charge in [-0.1, -0.05) is 23.2 Å². The molecule has 0 amide bonds. The minimum Gasteiger partial charge on any atom is -0.322 e. The molecule has 0 saturated carbocycles. The van der Waals surface area contributed by atoms with E-state index in [4.69, 9.17) is 28.9 Å². The van der Waals surface area contributed by atoms with Crippen molar-refractivity contribution in [1.82, 2.24) is 9.97 Å². The van der Waals surface area contributed by atoms with E-state index in [1.54, 1.807) is 24.7 Å². The third-order valence-corrected chi connectivity index (χ3v) is 2.99. The van der Waals surface area contributed by atoms with Crippen LogP contribution in [0.25, 0.3) is 0 Å². The summed E-state index contributed by atoms with van der Waals surface area (Å²) >= 11 is 11.8. The smallest absolute Gasteiger partial charge is 0.0622 e. The Balaban J connectivity index is 2.14. The second-order valence-corrected chi connectivity index (χ2v) is 4.52. The van der Waals surface area contributed by atoms with E-state index in [1.807, 2.05) is 12.1 Å². The van der Waals surface area contributed by atoms with Gasteiger partial charge in [0, 0.05) is 18.6 Å². The van der Waals surface area contributed by atoms with Crippen LogP contribution in [0, 0.1) is 0 Å². The van der Waals surface area contributed by atoms with Gasteiger partial charge in [0.15, 0.2) is 0 Å². The summed E-state index contributed by atoms with van der Waals surface area (Å²) in [7, 11) is 0. The van der Waals surface area contributed by atoms with E-state index in [-0.39, 0.29) is 6.04 Å². The van der Waals surface area contributed by atoms with Crippen LogP contribution in [0.3, 0.4) is 0 Å².